The third-order valence-corrected chi connectivity index (χ3v) is 11.5. The Labute approximate surface area is 354 Å². The highest BCUT2D eigenvalue weighted by atomic mass is 16.3. The van der Waals surface area contributed by atoms with E-state index >= 15 is 0 Å². The number of nitrogens with zero attached hydrogens (tertiary/aromatic N) is 2. The number of hydrogen-bond acceptors (Lipinski definition) is 3. The largest absolute Gasteiger partial charge is 0.452 e. The molecule has 0 saturated carbocycles. The van der Waals surface area contributed by atoms with Gasteiger partial charge in [0, 0.05) is 16.5 Å². The molecule has 11 aromatic rings. The fourth-order valence-electron chi connectivity index (χ4n) is 8.35. The third-order valence-electron chi connectivity index (χ3n) is 11.5. The molecule has 0 N–H and O–H groups in total. The Balaban J connectivity index is 0.960. The topological polar surface area (TPSA) is 38.9 Å². The summed E-state index contributed by atoms with van der Waals surface area (Å²) in [4.78, 5) is 10.5. The summed E-state index contributed by atoms with van der Waals surface area (Å²) in [6.07, 6.45) is 0. The number of furan rings is 1. The van der Waals surface area contributed by atoms with Gasteiger partial charge in [-0.15, -0.1) is 0 Å². The monoisotopic (exact) mass is 778 g/mol. The molecule has 0 unspecified atom stereocenters. The summed E-state index contributed by atoms with van der Waals surface area (Å²) in [5, 5.41) is 0.964. The van der Waals surface area contributed by atoms with E-state index in [9.17, 15) is 0 Å². The van der Waals surface area contributed by atoms with E-state index in [1.54, 1.807) is 0 Å². The SMILES string of the molecule is c1ccc(-c2ccc(-c3cccc(-c4cccc(-c5nc(-c6cccc(-c7cccc(-c8cccc(-c9ccccc9)c8)c7)c6)nc6c5oc5ccccc56)c4)c3)cc2)cc1. The van der Waals surface area contributed by atoms with Gasteiger partial charge in [-0.2, -0.15) is 0 Å². The molecule has 0 saturated heterocycles. The van der Waals surface area contributed by atoms with Crippen LogP contribution in [0.1, 0.15) is 0 Å². The Morgan fingerprint density at radius 1 is 0.262 bits per heavy atom. The first kappa shape index (κ1) is 36.0. The second kappa shape index (κ2) is 15.6. The van der Waals surface area contributed by atoms with E-state index in [4.69, 9.17) is 14.4 Å². The van der Waals surface area contributed by atoms with Crippen molar-refractivity contribution in [3.05, 3.63) is 231 Å². The van der Waals surface area contributed by atoms with Gasteiger partial charge in [0.05, 0.1) is 0 Å². The van der Waals surface area contributed by atoms with Gasteiger partial charge in [-0.3, -0.25) is 0 Å². The molecule has 0 amide bonds. The van der Waals surface area contributed by atoms with Gasteiger partial charge >= 0.3 is 0 Å². The smallest absolute Gasteiger partial charge is 0.180 e. The van der Waals surface area contributed by atoms with Crippen molar-refractivity contribution in [2.24, 2.45) is 0 Å². The summed E-state index contributed by atoms with van der Waals surface area (Å²) in [6.45, 7) is 0. The van der Waals surface area contributed by atoms with Crippen molar-refractivity contribution in [3.8, 4) is 89.4 Å². The normalized spacial score (nSPS) is 11.3. The molecule has 61 heavy (non-hydrogen) atoms. The predicted octanol–water partition coefficient (Wildman–Crippen LogP) is 15.7. The first-order valence-electron chi connectivity index (χ1n) is 20.6. The van der Waals surface area contributed by atoms with Crippen LogP contribution in [0, 0.1) is 0 Å². The van der Waals surface area contributed by atoms with Gasteiger partial charge in [-0.1, -0.05) is 188 Å². The van der Waals surface area contributed by atoms with Gasteiger partial charge < -0.3 is 4.42 Å². The lowest BCUT2D eigenvalue weighted by atomic mass is 9.95. The minimum absolute atomic E-state index is 0.647. The molecule has 3 heteroatoms. The van der Waals surface area contributed by atoms with Crippen LogP contribution in [0.5, 0.6) is 0 Å². The highest BCUT2D eigenvalue weighted by Crippen LogP contribution is 2.38. The lowest BCUT2D eigenvalue weighted by molar-refractivity contribution is 0.667. The van der Waals surface area contributed by atoms with E-state index in [-0.39, 0.29) is 0 Å². The molecule has 2 heterocycles. The van der Waals surface area contributed by atoms with Crippen LogP contribution in [0.15, 0.2) is 235 Å². The molecule has 0 spiro atoms. The Kier molecular flexibility index (Phi) is 9.18. The lowest BCUT2D eigenvalue weighted by Crippen LogP contribution is -1.94. The van der Waals surface area contributed by atoms with E-state index in [2.05, 4.69) is 212 Å². The molecule has 0 bridgehead atoms. The maximum atomic E-state index is 6.55. The molecular weight excluding hydrogens is 741 g/mol. The predicted molar refractivity (Wildman–Crippen MR) is 253 cm³/mol. The van der Waals surface area contributed by atoms with Crippen molar-refractivity contribution in [2.45, 2.75) is 0 Å². The third kappa shape index (κ3) is 7.09. The van der Waals surface area contributed by atoms with Crippen LogP contribution in [0.2, 0.25) is 0 Å². The van der Waals surface area contributed by atoms with E-state index in [1.165, 1.54) is 33.4 Å². The molecule has 0 aliphatic carbocycles. The van der Waals surface area contributed by atoms with Gasteiger partial charge in [0.2, 0.25) is 0 Å². The molecule has 286 valence electrons. The zero-order valence-electron chi connectivity index (χ0n) is 33.2. The van der Waals surface area contributed by atoms with Crippen LogP contribution in [-0.2, 0) is 0 Å². The summed E-state index contributed by atoms with van der Waals surface area (Å²) in [6, 6.07) is 81.3. The summed E-state index contributed by atoms with van der Waals surface area (Å²) in [5.41, 5.74) is 18.9. The molecule has 11 rings (SSSR count). The van der Waals surface area contributed by atoms with Crippen LogP contribution in [0.25, 0.3) is 111 Å². The van der Waals surface area contributed by atoms with E-state index < -0.39 is 0 Å². The van der Waals surface area contributed by atoms with E-state index in [1.807, 2.05) is 18.2 Å². The number of fused-ring (bicyclic) bond motifs is 3. The Hall–Kier alpha value is -8.14. The molecule has 9 aromatic carbocycles. The van der Waals surface area contributed by atoms with Crippen LogP contribution in [0.3, 0.4) is 0 Å². The minimum Gasteiger partial charge on any atom is -0.452 e. The van der Waals surface area contributed by atoms with Gasteiger partial charge in [0.15, 0.2) is 11.4 Å². The van der Waals surface area contributed by atoms with E-state index in [0.717, 1.165) is 66.7 Å². The number of benzene rings is 9. The van der Waals surface area contributed by atoms with Crippen molar-refractivity contribution in [1.29, 1.82) is 0 Å². The molecule has 2 aromatic heterocycles. The molecule has 0 fully saturated rings. The van der Waals surface area contributed by atoms with Crippen molar-refractivity contribution in [3.63, 3.8) is 0 Å². The summed E-state index contributed by atoms with van der Waals surface area (Å²) in [5.74, 6) is 0.647. The van der Waals surface area contributed by atoms with Crippen LogP contribution in [0.4, 0.5) is 0 Å². The molecule has 0 aliphatic rings. The van der Waals surface area contributed by atoms with Crippen LogP contribution < -0.4 is 0 Å². The van der Waals surface area contributed by atoms with E-state index in [0.29, 0.717) is 11.4 Å². The Bertz CT molecular complexity index is 3350. The van der Waals surface area contributed by atoms with Crippen molar-refractivity contribution in [2.75, 3.05) is 0 Å². The second-order valence-corrected chi connectivity index (χ2v) is 15.4. The van der Waals surface area contributed by atoms with Crippen LogP contribution >= 0.6 is 0 Å². The number of aromatic nitrogens is 2. The second-order valence-electron chi connectivity index (χ2n) is 15.4. The van der Waals surface area contributed by atoms with Crippen LogP contribution in [-0.4, -0.2) is 9.97 Å². The standard InChI is InChI=1S/C58H38N2O/c1-3-14-39(15-4-1)41-30-32-42(33-31-41)44-19-10-21-46(35-44)49-24-12-26-51(37-49)55-57-56(53-28-7-8-29-54(53)61-57)60-58(59-55)52-27-13-25-50(38-52)48-23-11-22-47(36-48)45-20-9-18-43(34-45)40-16-5-2-6-17-40/h1-38H. The fourth-order valence-corrected chi connectivity index (χ4v) is 8.35. The maximum absolute atomic E-state index is 6.55. The van der Waals surface area contributed by atoms with Gasteiger partial charge in [0.1, 0.15) is 16.8 Å². The average Bonchev–Trinajstić information content (AvgIpc) is 3.73. The highest BCUT2D eigenvalue weighted by Gasteiger charge is 2.19. The first-order chi connectivity index (χ1) is 30.2. The Morgan fingerprint density at radius 2 is 0.607 bits per heavy atom. The fraction of sp³-hybridized carbons (Fsp3) is 0. The molecule has 0 atom stereocenters. The Morgan fingerprint density at radius 3 is 1.13 bits per heavy atom. The molecular formula is C58H38N2O. The maximum Gasteiger partial charge on any atom is 0.180 e. The zero-order valence-corrected chi connectivity index (χ0v) is 33.2. The number of hydrogen-bond donors (Lipinski definition) is 0. The lowest BCUT2D eigenvalue weighted by Gasteiger charge is -2.11. The molecule has 0 radical (unpaired) electrons. The quantitative estimate of drug-likeness (QED) is 0.154. The van der Waals surface area contributed by atoms with Gasteiger partial charge in [-0.25, -0.2) is 9.97 Å². The molecule has 0 aliphatic heterocycles. The summed E-state index contributed by atoms with van der Waals surface area (Å²) < 4.78 is 6.55. The zero-order chi connectivity index (χ0) is 40.5. The first-order valence-corrected chi connectivity index (χ1v) is 20.6. The highest BCUT2D eigenvalue weighted by molar-refractivity contribution is 6.07. The summed E-state index contributed by atoms with van der Waals surface area (Å²) >= 11 is 0. The van der Waals surface area contributed by atoms with Crippen molar-refractivity contribution in [1.82, 2.24) is 9.97 Å². The number of rotatable bonds is 8. The minimum atomic E-state index is 0.647. The van der Waals surface area contributed by atoms with Gasteiger partial charge in [0.25, 0.3) is 0 Å². The summed E-state index contributed by atoms with van der Waals surface area (Å²) in [7, 11) is 0. The van der Waals surface area contributed by atoms with Gasteiger partial charge in [-0.05, 0) is 109 Å². The average molecular weight is 779 g/mol. The van der Waals surface area contributed by atoms with Crippen molar-refractivity contribution >= 4 is 22.1 Å². The number of para-hydroxylation sites is 1. The van der Waals surface area contributed by atoms with Crippen molar-refractivity contribution < 1.29 is 4.42 Å². The molecule has 3 nitrogen and oxygen atoms in total.